The summed E-state index contributed by atoms with van der Waals surface area (Å²) in [5.74, 6) is -1.06. The predicted octanol–water partition coefficient (Wildman–Crippen LogP) is 6.84. The number of alkyl halides is 6. The largest absolute Gasteiger partial charge is 0.445 e. The SMILES string of the molecule is O=C([C@@H]1CCCN1C(=O)OCc1ccccc1)N1CCCC1P(=O)(CC(Cl)(Cl)Cl)CC(Cl)(Cl)Cl. The van der Waals surface area contributed by atoms with Gasteiger partial charge in [-0.25, -0.2) is 4.79 Å². The van der Waals surface area contributed by atoms with Crippen LogP contribution < -0.4 is 0 Å². The lowest BCUT2D eigenvalue weighted by Gasteiger charge is -2.37. The standard InChI is InChI=1S/C21H25Cl6N2O4P/c22-20(23,24)13-34(32,14-21(25,26)27)17-9-5-11-29(17)18(30)16-8-4-10-28(16)19(31)33-12-15-6-2-1-3-7-15/h1-3,6-7,16-17H,4-5,8-14H2/t16-,17?/m0/s1. The first-order valence-electron chi connectivity index (χ1n) is 10.8. The molecule has 190 valence electrons. The number of halogens is 6. The van der Waals surface area contributed by atoms with Crippen molar-refractivity contribution in [2.75, 3.05) is 25.4 Å². The van der Waals surface area contributed by atoms with E-state index in [9.17, 15) is 14.2 Å². The Morgan fingerprint density at radius 2 is 1.47 bits per heavy atom. The summed E-state index contributed by atoms with van der Waals surface area (Å²) < 4.78 is 15.8. The van der Waals surface area contributed by atoms with Crippen molar-refractivity contribution in [3.63, 3.8) is 0 Å². The van der Waals surface area contributed by atoms with Crippen LogP contribution in [0.3, 0.4) is 0 Å². The number of likely N-dealkylation sites (tertiary alicyclic amines) is 2. The normalized spacial score (nSPS) is 21.7. The van der Waals surface area contributed by atoms with Crippen LogP contribution in [-0.4, -0.2) is 66.6 Å². The summed E-state index contributed by atoms with van der Waals surface area (Å²) in [5.41, 5.74) is 0.844. The molecular formula is C21H25Cl6N2O4P. The summed E-state index contributed by atoms with van der Waals surface area (Å²) in [4.78, 5) is 29.3. The van der Waals surface area contributed by atoms with E-state index in [0.29, 0.717) is 38.8 Å². The number of ether oxygens (including phenoxy) is 1. The van der Waals surface area contributed by atoms with Gasteiger partial charge in [0.1, 0.15) is 19.8 Å². The molecule has 0 aromatic heterocycles. The van der Waals surface area contributed by atoms with E-state index in [0.717, 1.165) is 5.56 Å². The van der Waals surface area contributed by atoms with Crippen LogP contribution in [0.25, 0.3) is 0 Å². The van der Waals surface area contributed by atoms with Gasteiger partial charge in [0.25, 0.3) is 0 Å². The van der Waals surface area contributed by atoms with Gasteiger partial charge < -0.3 is 14.2 Å². The van der Waals surface area contributed by atoms with E-state index in [1.165, 1.54) is 9.80 Å². The van der Waals surface area contributed by atoms with Gasteiger partial charge in [-0.3, -0.25) is 9.69 Å². The molecule has 2 aliphatic heterocycles. The number of rotatable bonds is 6. The van der Waals surface area contributed by atoms with Crippen molar-refractivity contribution < 1.29 is 18.9 Å². The van der Waals surface area contributed by atoms with Gasteiger partial charge in [0, 0.05) is 13.1 Å². The molecule has 2 aliphatic rings. The second kappa shape index (κ2) is 11.5. The lowest BCUT2D eigenvalue weighted by atomic mass is 10.2. The smallest absolute Gasteiger partial charge is 0.410 e. The lowest BCUT2D eigenvalue weighted by Crippen LogP contribution is -2.50. The van der Waals surface area contributed by atoms with E-state index in [-0.39, 0.29) is 24.8 Å². The number of carbonyl (C=O) groups excluding carboxylic acids is 2. The van der Waals surface area contributed by atoms with Crippen molar-refractivity contribution in [2.24, 2.45) is 0 Å². The fourth-order valence-corrected chi connectivity index (χ4v) is 11.4. The minimum absolute atomic E-state index is 0.102. The molecule has 6 nitrogen and oxygen atoms in total. The van der Waals surface area contributed by atoms with Crippen LogP contribution in [0.4, 0.5) is 4.79 Å². The zero-order valence-electron chi connectivity index (χ0n) is 18.1. The Kier molecular flexibility index (Phi) is 9.68. The van der Waals surface area contributed by atoms with Gasteiger partial charge in [-0.05, 0) is 31.2 Å². The number of amides is 2. The molecule has 0 radical (unpaired) electrons. The predicted molar refractivity (Wildman–Crippen MR) is 139 cm³/mol. The first kappa shape index (κ1) is 28.5. The Balaban J connectivity index is 1.75. The third-order valence-electron chi connectivity index (χ3n) is 5.92. The Labute approximate surface area is 229 Å². The first-order chi connectivity index (χ1) is 15.8. The lowest BCUT2D eigenvalue weighted by molar-refractivity contribution is -0.135. The van der Waals surface area contributed by atoms with Gasteiger partial charge in [0.2, 0.25) is 5.91 Å². The molecule has 0 saturated carbocycles. The number of carbonyl (C=O) groups is 2. The van der Waals surface area contributed by atoms with E-state index >= 15 is 0 Å². The third kappa shape index (κ3) is 7.71. The van der Waals surface area contributed by atoms with Gasteiger partial charge >= 0.3 is 6.09 Å². The van der Waals surface area contributed by atoms with Crippen molar-refractivity contribution in [1.29, 1.82) is 0 Å². The summed E-state index contributed by atoms with van der Waals surface area (Å²) in [7, 11) is -3.48. The van der Waals surface area contributed by atoms with Crippen LogP contribution in [-0.2, 0) is 20.7 Å². The maximum atomic E-state index is 14.0. The van der Waals surface area contributed by atoms with E-state index in [1.54, 1.807) is 0 Å². The maximum Gasteiger partial charge on any atom is 0.410 e. The highest BCUT2D eigenvalue weighted by atomic mass is 35.6. The zero-order valence-corrected chi connectivity index (χ0v) is 23.6. The fourth-order valence-electron chi connectivity index (χ4n) is 4.60. The quantitative estimate of drug-likeness (QED) is 0.261. The molecule has 2 atom stereocenters. The van der Waals surface area contributed by atoms with Crippen molar-refractivity contribution >= 4 is 88.7 Å². The average molecular weight is 613 g/mol. The van der Waals surface area contributed by atoms with Crippen LogP contribution >= 0.6 is 76.7 Å². The van der Waals surface area contributed by atoms with Crippen LogP contribution in [0.2, 0.25) is 0 Å². The van der Waals surface area contributed by atoms with Crippen LogP contribution in [0, 0.1) is 0 Å². The Bertz CT molecular complexity index is 904. The van der Waals surface area contributed by atoms with E-state index < -0.39 is 32.6 Å². The van der Waals surface area contributed by atoms with Gasteiger partial charge in [-0.2, -0.15) is 0 Å². The topological polar surface area (TPSA) is 66.9 Å². The Morgan fingerprint density at radius 3 is 2.06 bits per heavy atom. The Morgan fingerprint density at radius 1 is 0.912 bits per heavy atom. The molecular weight excluding hydrogens is 588 g/mol. The molecule has 3 rings (SSSR count). The maximum absolute atomic E-state index is 14.0. The monoisotopic (exact) mass is 610 g/mol. The number of benzene rings is 1. The van der Waals surface area contributed by atoms with Gasteiger partial charge in [-0.1, -0.05) is 99.9 Å². The molecule has 2 saturated heterocycles. The molecule has 1 aromatic carbocycles. The van der Waals surface area contributed by atoms with E-state index in [1.807, 2.05) is 30.3 Å². The molecule has 2 amide bonds. The molecule has 0 N–H and O–H groups in total. The van der Waals surface area contributed by atoms with Crippen LogP contribution in [0.5, 0.6) is 0 Å². The van der Waals surface area contributed by atoms with Crippen molar-refractivity contribution in [3.05, 3.63) is 35.9 Å². The minimum Gasteiger partial charge on any atom is -0.445 e. The van der Waals surface area contributed by atoms with Crippen LogP contribution in [0.15, 0.2) is 30.3 Å². The summed E-state index contributed by atoms with van der Waals surface area (Å²) in [6.07, 6.45) is 0.917. The van der Waals surface area contributed by atoms with Crippen LogP contribution in [0.1, 0.15) is 31.2 Å². The molecule has 0 bridgehead atoms. The second-order valence-corrected chi connectivity index (χ2v) is 16.7. The molecule has 13 heteroatoms. The summed E-state index contributed by atoms with van der Waals surface area (Å²) in [6.45, 7) is 0.851. The summed E-state index contributed by atoms with van der Waals surface area (Å²) in [6, 6.07) is 8.55. The highest BCUT2D eigenvalue weighted by molar-refractivity contribution is 7.65. The number of nitrogens with zero attached hydrogens (tertiary/aromatic N) is 2. The van der Waals surface area contributed by atoms with Gasteiger partial charge in [0.15, 0.2) is 7.59 Å². The summed E-state index contributed by atoms with van der Waals surface area (Å²) >= 11 is 35.9. The highest BCUT2D eigenvalue weighted by Crippen LogP contribution is 2.62. The molecule has 1 unspecified atom stereocenters. The van der Waals surface area contributed by atoms with Gasteiger partial charge in [0.05, 0.1) is 18.1 Å². The highest BCUT2D eigenvalue weighted by Gasteiger charge is 2.51. The molecule has 2 fully saturated rings. The molecule has 2 heterocycles. The van der Waals surface area contributed by atoms with Crippen molar-refractivity contribution in [2.45, 2.75) is 51.7 Å². The molecule has 0 aliphatic carbocycles. The second-order valence-electron chi connectivity index (χ2n) is 8.55. The molecule has 0 spiro atoms. The number of hydrogen-bond donors (Lipinski definition) is 0. The van der Waals surface area contributed by atoms with E-state index in [4.69, 9.17) is 74.3 Å². The first-order valence-corrected chi connectivity index (χ1v) is 15.2. The zero-order chi connectivity index (χ0) is 25.1. The van der Waals surface area contributed by atoms with Crippen molar-refractivity contribution in [1.82, 2.24) is 9.80 Å². The minimum atomic E-state index is -3.48. The third-order valence-corrected chi connectivity index (χ3v) is 11.5. The number of hydrogen-bond acceptors (Lipinski definition) is 4. The summed E-state index contributed by atoms with van der Waals surface area (Å²) in [5, 5.41) is 0. The van der Waals surface area contributed by atoms with Crippen molar-refractivity contribution in [3.8, 4) is 0 Å². The van der Waals surface area contributed by atoms with Gasteiger partial charge in [-0.15, -0.1) is 0 Å². The fraction of sp³-hybridized carbons (Fsp3) is 0.619. The average Bonchev–Trinajstić information content (AvgIpc) is 3.39. The Hall–Kier alpha value is -0.0700. The van der Waals surface area contributed by atoms with E-state index in [2.05, 4.69) is 0 Å². The molecule has 34 heavy (non-hydrogen) atoms. The molecule has 1 aromatic rings.